The second-order valence-corrected chi connectivity index (χ2v) is 8.38. The molecule has 28 heavy (non-hydrogen) atoms. The molecule has 0 aliphatic carbocycles. The van der Waals surface area contributed by atoms with Gasteiger partial charge in [-0.05, 0) is 24.3 Å². The number of rotatable bonds is 6. The molecule has 3 rings (SSSR count). The van der Waals surface area contributed by atoms with Crippen LogP contribution in [0.3, 0.4) is 0 Å². The van der Waals surface area contributed by atoms with Gasteiger partial charge in [0.25, 0.3) is 16.1 Å². The van der Waals surface area contributed by atoms with E-state index in [1.54, 1.807) is 30.9 Å². The van der Waals surface area contributed by atoms with E-state index in [0.717, 1.165) is 0 Å². The van der Waals surface area contributed by atoms with Crippen molar-refractivity contribution in [3.63, 3.8) is 0 Å². The van der Waals surface area contributed by atoms with E-state index in [1.807, 2.05) is 0 Å². The summed E-state index contributed by atoms with van der Waals surface area (Å²) in [5.41, 5.74) is 1.56. The molecule has 1 aliphatic heterocycles. The van der Waals surface area contributed by atoms with Gasteiger partial charge in [0.2, 0.25) is 0 Å². The maximum Gasteiger partial charge on any atom is 0.282 e. The van der Waals surface area contributed by atoms with Crippen LogP contribution < -0.4 is 0 Å². The first-order chi connectivity index (χ1) is 13.4. The molecule has 2 heterocycles. The summed E-state index contributed by atoms with van der Waals surface area (Å²) < 4.78 is 41.2. The molecule has 0 atom stereocenters. The number of halogens is 1. The first kappa shape index (κ1) is 20.4. The Hall–Kier alpha value is -2.30. The Balaban J connectivity index is 1.72. The third-order valence-corrected chi connectivity index (χ3v) is 7.07. The smallest absolute Gasteiger partial charge is 0.282 e. The van der Waals surface area contributed by atoms with Crippen molar-refractivity contribution in [1.29, 1.82) is 0 Å². The lowest BCUT2D eigenvalue weighted by Crippen LogP contribution is -2.54. The fourth-order valence-electron chi connectivity index (χ4n) is 3.29. The van der Waals surface area contributed by atoms with Gasteiger partial charge in [0, 0.05) is 44.8 Å². The molecule has 0 radical (unpaired) electrons. The minimum absolute atomic E-state index is 0.229. The Morgan fingerprint density at radius 2 is 1.75 bits per heavy atom. The van der Waals surface area contributed by atoms with Crippen LogP contribution in [0.25, 0.3) is 11.3 Å². The summed E-state index contributed by atoms with van der Waals surface area (Å²) >= 11 is 0. The van der Waals surface area contributed by atoms with Crippen molar-refractivity contribution in [1.82, 2.24) is 23.7 Å². The predicted molar refractivity (Wildman–Crippen MR) is 103 cm³/mol. The summed E-state index contributed by atoms with van der Waals surface area (Å²) in [6, 6.07) is 5.80. The van der Waals surface area contributed by atoms with Crippen LogP contribution in [0.4, 0.5) is 4.39 Å². The standard InChI is InChI=1S/C18H24FN5O3S/c1-3-23(4-2)28(26,27)24-11-9-22(10-12-24)18(25)16-13-20-21-17(16)14-5-7-15(19)8-6-14/h5-8,13H,3-4,9-12H2,1-2H3,(H,20,21). The van der Waals surface area contributed by atoms with E-state index in [4.69, 9.17) is 0 Å². The van der Waals surface area contributed by atoms with Crippen molar-refractivity contribution in [2.45, 2.75) is 13.8 Å². The van der Waals surface area contributed by atoms with Crippen molar-refractivity contribution in [2.75, 3.05) is 39.3 Å². The fourth-order valence-corrected chi connectivity index (χ4v) is 4.89. The van der Waals surface area contributed by atoms with E-state index >= 15 is 0 Å². The molecule has 0 spiro atoms. The van der Waals surface area contributed by atoms with Gasteiger partial charge in [0.15, 0.2) is 0 Å². The number of nitrogens with zero attached hydrogens (tertiary/aromatic N) is 4. The highest BCUT2D eigenvalue weighted by molar-refractivity contribution is 7.86. The molecule has 152 valence electrons. The Morgan fingerprint density at radius 3 is 2.32 bits per heavy atom. The molecule has 8 nitrogen and oxygen atoms in total. The van der Waals surface area contributed by atoms with Crippen LogP contribution in [-0.4, -0.2) is 77.3 Å². The zero-order valence-electron chi connectivity index (χ0n) is 15.9. The van der Waals surface area contributed by atoms with Gasteiger partial charge in [-0.25, -0.2) is 4.39 Å². The molecular weight excluding hydrogens is 385 g/mol. The molecule has 0 unspecified atom stereocenters. The summed E-state index contributed by atoms with van der Waals surface area (Å²) in [6.07, 6.45) is 1.44. The van der Waals surface area contributed by atoms with Crippen LogP contribution in [0, 0.1) is 5.82 Å². The first-order valence-electron chi connectivity index (χ1n) is 9.22. The third kappa shape index (κ3) is 3.94. The minimum atomic E-state index is -3.51. The number of piperazine rings is 1. The van der Waals surface area contributed by atoms with Gasteiger partial charge >= 0.3 is 0 Å². The van der Waals surface area contributed by atoms with E-state index in [0.29, 0.717) is 43.0 Å². The lowest BCUT2D eigenvalue weighted by Gasteiger charge is -2.36. The van der Waals surface area contributed by atoms with E-state index in [2.05, 4.69) is 10.2 Å². The molecule has 1 aliphatic rings. The lowest BCUT2D eigenvalue weighted by atomic mass is 10.1. The normalized spacial score (nSPS) is 15.9. The van der Waals surface area contributed by atoms with Crippen molar-refractivity contribution >= 4 is 16.1 Å². The third-order valence-electron chi connectivity index (χ3n) is 4.89. The van der Waals surface area contributed by atoms with Crippen molar-refractivity contribution in [3.8, 4) is 11.3 Å². The van der Waals surface area contributed by atoms with E-state index < -0.39 is 10.2 Å². The van der Waals surface area contributed by atoms with Crippen LogP contribution in [0.5, 0.6) is 0 Å². The van der Waals surface area contributed by atoms with Crippen LogP contribution in [0.2, 0.25) is 0 Å². The fraction of sp³-hybridized carbons (Fsp3) is 0.444. The number of amides is 1. The lowest BCUT2D eigenvalue weighted by molar-refractivity contribution is 0.0695. The van der Waals surface area contributed by atoms with Gasteiger partial charge in [0.1, 0.15) is 5.82 Å². The predicted octanol–water partition coefficient (Wildman–Crippen LogP) is 1.56. The maximum absolute atomic E-state index is 13.2. The highest BCUT2D eigenvalue weighted by Gasteiger charge is 2.33. The van der Waals surface area contributed by atoms with Gasteiger partial charge in [-0.1, -0.05) is 13.8 Å². The molecule has 1 amide bonds. The summed E-state index contributed by atoms with van der Waals surface area (Å²) in [5, 5.41) is 6.75. The highest BCUT2D eigenvalue weighted by atomic mass is 32.2. The summed E-state index contributed by atoms with van der Waals surface area (Å²) in [5.74, 6) is -0.588. The Morgan fingerprint density at radius 1 is 1.14 bits per heavy atom. The molecule has 0 bridgehead atoms. The van der Waals surface area contributed by atoms with Gasteiger partial charge in [-0.3, -0.25) is 9.89 Å². The molecular formula is C18H24FN5O3S. The topological polar surface area (TPSA) is 89.6 Å². The zero-order valence-corrected chi connectivity index (χ0v) is 16.7. The highest BCUT2D eigenvalue weighted by Crippen LogP contribution is 2.23. The van der Waals surface area contributed by atoms with E-state index in [-0.39, 0.29) is 24.8 Å². The Bertz CT molecular complexity index is 917. The molecule has 1 fully saturated rings. The number of carbonyl (C=O) groups is 1. The molecule has 1 aromatic carbocycles. The first-order valence-corrected chi connectivity index (χ1v) is 10.6. The zero-order chi connectivity index (χ0) is 20.3. The molecule has 10 heteroatoms. The molecule has 2 aromatic rings. The SMILES string of the molecule is CCN(CC)S(=O)(=O)N1CCN(C(=O)c2cn[nH]c2-c2ccc(F)cc2)CC1. The van der Waals surface area contributed by atoms with Crippen LogP contribution in [0.1, 0.15) is 24.2 Å². The van der Waals surface area contributed by atoms with Gasteiger partial charge in [-0.2, -0.15) is 22.1 Å². The molecule has 1 saturated heterocycles. The van der Waals surface area contributed by atoms with Crippen molar-refractivity contribution in [2.24, 2.45) is 0 Å². The number of carbonyl (C=O) groups excluding carboxylic acids is 1. The van der Waals surface area contributed by atoms with Crippen LogP contribution in [-0.2, 0) is 10.2 Å². The second kappa shape index (κ2) is 8.38. The van der Waals surface area contributed by atoms with Crippen molar-refractivity contribution < 1.29 is 17.6 Å². The number of hydrogen-bond acceptors (Lipinski definition) is 4. The number of H-pyrrole nitrogens is 1. The van der Waals surface area contributed by atoms with Crippen molar-refractivity contribution in [3.05, 3.63) is 41.8 Å². The number of nitrogens with one attached hydrogen (secondary N) is 1. The number of hydrogen-bond donors (Lipinski definition) is 1. The van der Waals surface area contributed by atoms with Gasteiger partial charge in [-0.15, -0.1) is 0 Å². The second-order valence-electron chi connectivity index (χ2n) is 6.45. The van der Waals surface area contributed by atoms with E-state index in [9.17, 15) is 17.6 Å². The summed E-state index contributed by atoms with van der Waals surface area (Å²) in [6.45, 7) is 5.51. The number of benzene rings is 1. The maximum atomic E-state index is 13.2. The monoisotopic (exact) mass is 409 g/mol. The Kier molecular flexibility index (Phi) is 6.11. The van der Waals surface area contributed by atoms with Gasteiger partial charge < -0.3 is 4.90 Å². The van der Waals surface area contributed by atoms with Crippen LogP contribution in [0.15, 0.2) is 30.5 Å². The summed E-state index contributed by atoms with van der Waals surface area (Å²) in [7, 11) is -3.51. The molecule has 0 saturated carbocycles. The average molecular weight is 409 g/mol. The Labute approximate surface area is 164 Å². The number of aromatic amines is 1. The number of aromatic nitrogens is 2. The minimum Gasteiger partial charge on any atom is -0.336 e. The average Bonchev–Trinajstić information content (AvgIpc) is 3.18. The molecule has 1 N–H and O–H groups in total. The van der Waals surface area contributed by atoms with Gasteiger partial charge in [0.05, 0.1) is 17.5 Å². The largest absolute Gasteiger partial charge is 0.336 e. The quantitative estimate of drug-likeness (QED) is 0.784. The summed E-state index contributed by atoms with van der Waals surface area (Å²) in [4.78, 5) is 14.6. The molecule has 1 aromatic heterocycles. The van der Waals surface area contributed by atoms with E-state index in [1.165, 1.54) is 26.9 Å². The van der Waals surface area contributed by atoms with Crippen LogP contribution >= 0.6 is 0 Å².